The third kappa shape index (κ3) is 1.62. The highest BCUT2D eigenvalue weighted by Crippen LogP contribution is 2.50. The van der Waals surface area contributed by atoms with Crippen molar-refractivity contribution in [3.8, 4) is 0 Å². The Morgan fingerprint density at radius 3 is 2.60 bits per heavy atom. The van der Waals surface area contributed by atoms with E-state index < -0.39 is 5.97 Å². The summed E-state index contributed by atoms with van der Waals surface area (Å²) in [6.07, 6.45) is 6.48. The van der Waals surface area contributed by atoms with Crippen LogP contribution in [-0.2, 0) is 4.79 Å². The predicted octanol–water partition coefficient (Wildman–Crippen LogP) is 3.01. The average Bonchev–Trinajstić information content (AvgIpc) is 2.39. The van der Waals surface area contributed by atoms with Gasteiger partial charge in [0.15, 0.2) is 0 Å². The van der Waals surface area contributed by atoms with E-state index in [1.807, 2.05) is 20.8 Å². The topological polar surface area (TPSA) is 37.3 Å². The van der Waals surface area contributed by atoms with Gasteiger partial charge in [0.05, 0.1) is 0 Å². The summed E-state index contributed by atoms with van der Waals surface area (Å²) in [5.74, 6) is 0.378. The molecular formula is C13H18O2. The molecule has 2 heteroatoms. The van der Waals surface area contributed by atoms with Crippen LogP contribution in [0.15, 0.2) is 23.3 Å². The Morgan fingerprint density at radius 2 is 2.13 bits per heavy atom. The molecule has 0 heterocycles. The monoisotopic (exact) mass is 206 g/mol. The first-order valence-electron chi connectivity index (χ1n) is 5.54. The molecule has 15 heavy (non-hydrogen) atoms. The molecule has 0 aromatic rings. The third-order valence-corrected chi connectivity index (χ3v) is 3.46. The Balaban J connectivity index is 2.36. The van der Waals surface area contributed by atoms with E-state index in [0.717, 1.165) is 18.4 Å². The first kappa shape index (κ1) is 10.5. The Hall–Kier alpha value is -1.05. The van der Waals surface area contributed by atoms with Crippen molar-refractivity contribution < 1.29 is 9.90 Å². The summed E-state index contributed by atoms with van der Waals surface area (Å²) < 4.78 is 0. The fraction of sp³-hybridized carbons (Fsp3) is 0.615. The first-order chi connectivity index (χ1) is 6.91. The Labute approximate surface area is 90.7 Å². The van der Waals surface area contributed by atoms with Crippen molar-refractivity contribution in [3.05, 3.63) is 23.3 Å². The van der Waals surface area contributed by atoms with Crippen LogP contribution in [0.4, 0.5) is 0 Å². The van der Waals surface area contributed by atoms with Crippen LogP contribution in [0, 0.1) is 17.3 Å². The lowest BCUT2D eigenvalue weighted by Gasteiger charge is -2.38. The minimum Gasteiger partial charge on any atom is -0.478 e. The summed E-state index contributed by atoms with van der Waals surface area (Å²) in [5.41, 5.74) is 1.55. The lowest BCUT2D eigenvalue weighted by Crippen LogP contribution is -2.31. The maximum Gasteiger partial charge on any atom is 0.332 e. The molecule has 0 radical (unpaired) electrons. The molecule has 2 rings (SSSR count). The van der Waals surface area contributed by atoms with Crippen LogP contribution in [-0.4, -0.2) is 11.1 Å². The van der Waals surface area contributed by atoms with E-state index in [-0.39, 0.29) is 5.41 Å². The standard InChI is InChI=1S/C13H18O2/c1-13(2,3)11(12(14)15)10-7-8-5-4-6-9(8)10/h4,6,8-9H,5,7H2,1-3H3,(H,14,15)/t8-,9-/m0/s1. The van der Waals surface area contributed by atoms with E-state index in [2.05, 4.69) is 12.2 Å². The zero-order valence-corrected chi connectivity index (χ0v) is 9.58. The normalized spacial score (nSPS) is 32.2. The number of carboxylic acids is 1. The molecule has 1 fully saturated rings. The second-order valence-corrected chi connectivity index (χ2v) is 5.61. The highest BCUT2D eigenvalue weighted by molar-refractivity contribution is 5.89. The quantitative estimate of drug-likeness (QED) is 0.529. The number of carbonyl (C=O) groups is 1. The highest BCUT2D eigenvalue weighted by Gasteiger charge is 2.41. The molecule has 0 aromatic heterocycles. The SMILES string of the molecule is CC(C)(C)C(C(=O)O)=C1C[C@@H]2CC=C[C@H]12. The molecule has 2 aliphatic carbocycles. The molecular weight excluding hydrogens is 188 g/mol. The molecule has 0 aliphatic heterocycles. The highest BCUT2D eigenvalue weighted by atomic mass is 16.4. The van der Waals surface area contributed by atoms with Gasteiger partial charge in [-0.1, -0.05) is 38.5 Å². The van der Waals surface area contributed by atoms with Crippen LogP contribution < -0.4 is 0 Å². The van der Waals surface area contributed by atoms with Gasteiger partial charge in [-0.25, -0.2) is 4.79 Å². The van der Waals surface area contributed by atoms with Gasteiger partial charge in [-0.2, -0.15) is 0 Å². The summed E-state index contributed by atoms with van der Waals surface area (Å²) >= 11 is 0. The van der Waals surface area contributed by atoms with Crippen molar-refractivity contribution in [2.24, 2.45) is 17.3 Å². The second kappa shape index (κ2) is 3.22. The van der Waals surface area contributed by atoms with Crippen LogP contribution >= 0.6 is 0 Å². The largest absolute Gasteiger partial charge is 0.478 e. The third-order valence-electron chi connectivity index (χ3n) is 3.46. The molecule has 0 bridgehead atoms. The van der Waals surface area contributed by atoms with Gasteiger partial charge in [0, 0.05) is 11.5 Å². The van der Waals surface area contributed by atoms with Crippen LogP contribution in [0.2, 0.25) is 0 Å². The van der Waals surface area contributed by atoms with E-state index in [0.29, 0.717) is 17.4 Å². The van der Waals surface area contributed by atoms with Gasteiger partial charge in [0.25, 0.3) is 0 Å². The van der Waals surface area contributed by atoms with Crippen LogP contribution in [0.3, 0.4) is 0 Å². The van der Waals surface area contributed by atoms with E-state index in [1.54, 1.807) is 0 Å². The number of allylic oxidation sites excluding steroid dienone is 3. The zero-order chi connectivity index (χ0) is 11.2. The van der Waals surface area contributed by atoms with Gasteiger partial charge in [0.1, 0.15) is 0 Å². The fourth-order valence-corrected chi connectivity index (χ4v) is 2.78. The number of aliphatic carboxylic acids is 1. The fourth-order valence-electron chi connectivity index (χ4n) is 2.78. The predicted molar refractivity (Wildman–Crippen MR) is 59.5 cm³/mol. The average molecular weight is 206 g/mol. The van der Waals surface area contributed by atoms with Crippen molar-refractivity contribution in [3.63, 3.8) is 0 Å². The van der Waals surface area contributed by atoms with Crippen LogP contribution in [0.25, 0.3) is 0 Å². The molecule has 0 saturated heterocycles. The van der Waals surface area contributed by atoms with Crippen LogP contribution in [0.1, 0.15) is 33.6 Å². The smallest absolute Gasteiger partial charge is 0.332 e. The van der Waals surface area contributed by atoms with Crippen molar-refractivity contribution in [1.29, 1.82) is 0 Å². The molecule has 1 N–H and O–H groups in total. The maximum atomic E-state index is 11.3. The minimum atomic E-state index is -0.740. The Bertz CT molecular complexity index is 355. The molecule has 82 valence electrons. The van der Waals surface area contributed by atoms with Gasteiger partial charge >= 0.3 is 5.97 Å². The molecule has 2 atom stereocenters. The van der Waals surface area contributed by atoms with Gasteiger partial charge < -0.3 is 5.11 Å². The lowest BCUT2D eigenvalue weighted by atomic mass is 9.65. The Kier molecular flexibility index (Phi) is 2.25. The molecule has 2 nitrogen and oxygen atoms in total. The van der Waals surface area contributed by atoms with Crippen molar-refractivity contribution in [1.82, 2.24) is 0 Å². The summed E-state index contributed by atoms with van der Waals surface area (Å²) in [7, 11) is 0. The van der Waals surface area contributed by atoms with E-state index in [4.69, 9.17) is 0 Å². The number of carboxylic acid groups (broad SMARTS) is 1. The number of fused-ring (bicyclic) bond motifs is 1. The summed E-state index contributed by atoms with van der Waals surface area (Å²) in [6.45, 7) is 5.94. The summed E-state index contributed by atoms with van der Waals surface area (Å²) in [5, 5.41) is 9.28. The number of rotatable bonds is 1. The van der Waals surface area contributed by atoms with Crippen molar-refractivity contribution >= 4 is 5.97 Å². The van der Waals surface area contributed by atoms with E-state index in [9.17, 15) is 9.90 Å². The van der Waals surface area contributed by atoms with Gasteiger partial charge in [-0.3, -0.25) is 0 Å². The van der Waals surface area contributed by atoms with E-state index in [1.165, 1.54) is 0 Å². The van der Waals surface area contributed by atoms with Gasteiger partial charge in [-0.15, -0.1) is 0 Å². The molecule has 0 aromatic carbocycles. The molecule has 0 spiro atoms. The summed E-state index contributed by atoms with van der Waals surface area (Å²) in [4.78, 5) is 11.3. The molecule has 0 unspecified atom stereocenters. The number of hydrogen-bond acceptors (Lipinski definition) is 1. The number of hydrogen-bond donors (Lipinski definition) is 1. The molecule has 2 aliphatic rings. The molecule has 0 amide bonds. The van der Waals surface area contributed by atoms with Crippen molar-refractivity contribution in [2.75, 3.05) is 0 Å². The maximum absolute atomic E-state index is 11.3. The van der Waals surface area contributed by atoms with Crippen molar-refractivity contribution in [2.45, 2.75) is 33.6 Å². The lowest BCUT2D eigenvalue weighted by molar-refractivity contribution is -0.133. The molecule has 1 saturated carbocycles. The van der Waals surface area contributed by atoms with E-state index >= 15 is 0 Å². The van der Waals surface area contributed by atoms with Gasteiger partial charge in [-0.05, 0) is 24.2 Å². The second-order valence-electron chi connectivity index (χ2n) is 5.61. The Morgan fingerprint density at radius 1 is 1.47 bits per heavy atom. The zero-order valence-electron chi connectivity index (χ0n) is 9.58. The minimum absolute atomic E-state index is 0.247. The summed E-state index contributed by atoms with van der Waals surface area (Å²) in [6, 6.07) is 0. The van der Waals surface area contributed by atoms with Gasteiger partial charge in [0.2, 0.25) is 0 Å². The van der Waals surface area contributed by atoms with Crippen LogP contribution in [0.5, 0.6) is 0 Å². The first-order valence-corrected chi connectivity index (χ1v) is 5.54.